The molecule has 0 amide bonds. The lowest BCUT2D eigenvalue weighted by molar-refractivity contribution is 0.338. The summed E-state index contributed by atoms with van der Waals surface area (Å²) in [4.78, 5) is 0. The van der Waals surface area contributed by atoms with Gasteiger partial charge in [-0.15, -0.1) is 0 Å². The van der Waals surface area contributed by atoms with Crippen LogP contribution in [0.15, 0.2) is 30.3 Å². The number of unbranched alkanes of at least 4 members (excludes halogenated alkanes) is 2. The van der Waals surface area contributed by atoms with Crippen molar-refractivity contribution in [1.82, 2.24) is 4.57 Å². The average Bonchev–Trinajstić information content (AvgIpc) is 2.42. The third kappa shape index (κ3) is 5.48. The van der Waals surface area contributed by atoms with Crippen molar-refractivity contribution >= 4 is 8.24 Å². The molecule has 20 heavy (non-hydrogen) atoms. The van der Waals surface area contributed by atoms with Crippen LogP contribution in [0.3, 0.4) is 0 Å². The molecule has 2 nitrogen and oxygen atoms in total. The summed E-state index contributed by atoms with van der Waals surface area (Å²) < 4.78 is 2.47. The molecule has 0 radical (unpaired) electrons. The van der Waals surface area contributed by atoms with Crippen molar-refractivity contribution in [1.29, 1.82) is 5.26 Å². The molecule has 0 aliphatic carbocycles. The van der Waals surface area contributed by atoms with Crippen LogP contribution in [-0.4, -0.2) is 18.8 Å². The summed E-state index contributed by atoms with van der Waals surface area (Å²) in [5, 5.41) is 9.57. The molecule has 1 atom stereocenters. The van der Waals surface area contributed by atoms with Gasteiger partial charge >= 0.3 is 0 Å². The molecular weight excluding hydrogens is 260 g/mol. The summed E-state index contributed by atoms with van der Waals surface area (Å²) in [5.74, 6) is 0. The number of hydrogen-bond donors (Lipinski definition) is 0. The van der Waals surface area contributed by atoms with Gasteiger partial charge in [0.25, 0.3) is 0 Å². The first-order valence-electron chi connectivity index (χ1n) is 7.69. The number of benzene rings is 1. The van der Waals surface area contributed by atoms with Crippen molar-refractivity contribution in [3.05, 3.63) is 35.9 Å². The molecule has 110 valence electrons. The van der Waals surface area contributed by atoms with E-state index in [1.807, 2.05) is 6.07 Å². The monoisotopic (exact) mass is 288 g/mol. The molecule has 1 unspecified atom stereocenters. The first-order valence-corrected chi connectivity index (χ1v) is 11.1. The van der Waals surface area contributed by atoms with Gasteiger partial charge in [-0.25, -0.2) is 0 Å². The summed E-state index contributed by atoms with van der Waals surface area (Å²) in [5.41, 5.74) is 1.31. The quantitative estimate of drug-likeness (QED) is 0.507. The van der Waals surface area contributed by atoms with Gasteiger partial charge in [0.1, 0.15) is 8.24 Å². The molecule has 0 aliphatic rings. The Morgan fingerprint density at radius 3 is 2.30 bits per heavy atom. The zero-order chi connectivity index (χ0) is 15.0. The van der Waals surface area contributed by atoms with E-state index in [2.05, 4.69) is 61.5 Å². The van der Waals surface area contributed by atoms with Gasteiger partial charge in [0.05, 0.1) is 12.1 Å². The van der Waals surface area contributed by atoms with Crippen LogP contribution < -0.4 is 0 Å². The minimum Gasteiger partial charge on any atom is -0.306 e. The second kappa shape index (κ2) is 8.24. The van der Waals surface area contributed by atoms with Crippen molar-refractivity contribution in [2.45, 2.75) is 64.8 Å². The fraction of sp³-hybridized carbons (Fsp3) is 0.588. The fourth-order valence-electron chi connectivity index (χ4n) is 2.47. The smallest absolute Gasteiger partial charge is 0.121 e. The zero-order valence-electron chi connectivity index (χ0n) is 13.4. The molecular formula is C17H28N2Si. The lowest BCUT2D eigenvalue weighted by Gasteiger charge is -2.37. The molecule has 0 aromatic heterocycles. The van der Waals surface area contributed by atoms with Gasteiger partial charge in [-0.2, -0.15) is 5.26 Å². The second-order valence-corrected chi connectivity index (χ2v) is 11.3. The van der Waals surface area contributed by atoms with Crippen molar-refractivity contribution in [3.63, 3.8) is 0 Å². The van der Waals surface area contributed by atoms with Crippen molar-refractivity contribution < 1.29 is 0 Å². The Morgan fingerprint density at radius 1 is 1.15 bits per heavy atom. The molecule has 0 heterocycles. The Labute approximate surface area is 125 Å². The van der Waals surface area contributed by atoms with E-state index in [0.717, 1.165) is 19.4 Å². The summed E-state index contributed by atoms with van der Waals surface area (Å²) in [6.07, 6.45) is 4.60. The zero-order valence-corrected chi connectivity index (χ0v) is 14.4. The predicted octanol–water partition coefficient (Wildman–Crippen LogP) is 4.80. The molecule has 1 aromatic rings. The van der Waals surface area contributed by atoms with Gasteiger partial charge in [-0.05, 0) is 12.0 Å². The van der Waals surface area contributed by atoms with Crippen molar-refractivity contribution in [3.8, 4) is 6.07 Å². The number of nitrogens with zero attached hydrogens (tertiary/aromatic N) is 2. The maximum Gasteiger partial charge on any atom is 0.121 e. The molecule has 1 rings (SSSR count). The highest BCUT2D eigenvalue weighted by atomic mass is 28.3. The Balaban J connectivity index is 2.80. The highest BCUT2D eigenvalue weighted by molar-refractivity contribution is 6.73. The van der Waals surface area contributed by atoms with Gasteiger partial charge in [0.2, 0.25) is 0 Å². The van der Waals surface area contributed by atoms with Gasteiger partial charge < -0.3 is 4.57 Å². The van der Waals surface area contributed by atoms with E-state index < -0.39 is 8.24 Å². The minimum absolute atomic E-state index is 0.0634. The van der Waals surface area contributed by atoms with E-state index in [1.54, 1.807) is 0 Å². The van der Waals surface area contributed by atoms with Gasteiger partial charge in [0, 0.05) is 6.54 Å². The Bertz CT molecular complexity index is 417. The second-order valence-electron chi connectivity index (χ2n) is 6.42. The van der Waals surface area contributed by atoms with Crippen LogP contribution in [0.4, 0.5) is 0 Å². The Kier molecular flexibility index (Phi) is 6.98. The predicted molar refractivity (Wildman–Crippen MR) is 88.9 cm³/mol. The summed E-state index contributed by atoms with van der Waals surface area (Å²) in [6.45, 7) is 10.1. The highest BCUT2D eigenvalue weighted by Gasteiger charge is 2.30. The number of rotatable bonds is 8. The lowest BCUT2D eigenvalue weighted by Crippen LogP contribution is -2.50. The van der Waals surface area contributed by atoms with Crippen molar-refractivity contribution in [2.75, 3.05) is 0 Å². The molecule has 0 N–H and O–H groups in total. The van der Waals surface area contributed by atoms with Gasteiger partial charge in [0.15, 0.2) is 0 Å². The summed E-state index contributed by atoms with van der Waals surface area (Å²) in [7, 11) is -1.50. The third-order valence-electron chi connectivity index (χ3n) is 3.66. The van der Waals surface area contributed by atoms with E-state index >= 15 is 0 Å². The first kappa shape index (κ1) is 16.9. The fourth-order valence-corrected chi connectivity index (χ4v) is 4.25. The highest BCUT2D eigenvalue weighted by Crippen LogP contribution is 2.21. The summed E-state index contributed by atoms with van der Waals surface area (Å²) in [6, 6.07) is 13.1. The maximum absolute atomic E-state index is 9.57. The van der Waals surface area contributed by atoms with Crippen LogP contribution in [0.2, 0.25) is 19.6 Å². The van der Waals surface area contributed by atoms with Crippen LogP contribution in [0.5, 0.6) is 0 Å². The normalized spacial score (nSPS) is 13.2. The number of hydrogen-bond acceptors (Lipinski definition) is 2. The molecule has 0 spiro atoms. The molecule has 0 fully saturated rings. The largest absolute Gasteiger partial charge is 0.306 e. The SMILES string of the molecule is CCCCCC(C#N)N(Cc1ccccc1)[Si](C)(C)C. The van der Waals surface area contributed by atoms with E-state index in [0.29, 0.717) is 0 Å². The molecule has 0 aliphatic heterocycles. The van der Waals surface area contributed by atoms with Crippen molar-refractivity contribution in [2.24, 2.45) is 0 Å². The molecule has 3 heteroatoms. The van der Waals surface area contributed by atoms with Crippen LogP contribution >= 0.6 is 0 Å². The molecule has 1 aromatic carbocycles. The van der Waals surface area contributed by atoms with E-state index in [1.165, 1.54) is 18.4 Å². The Morgan fingerprint density at radius 2 is 1.80 bits per heavy atom. The molecule has 0 bridgehead atoms. The average molecular weight is 289 g/mol. The maximum atomic E-state index is 9.57. The van der Waals surface area contributed by atoms with E-state index in [-0.39, 0.29) is 6.04 Å². The molecule has 0 saturated heterocycles. The summed E-state index contributed by atoms with van der Waals surface area (Å²) >= 11 is 0. The van der Waals surface area contributed by atoms with E-state index in [4.69, 9.17) is 0 Å². The van der Waals surface area contributed by atoms with Gasteiger partial charge in [-0.3, -0.25) is 0 Å². The number of nitriles is 1. The first-order chi connectivity index (χ1) is 9.49. The third-order valence-corrected chi connectivity index (χ3v) is 5.86. The lowest BCUT2D eigenvalue weighted by atomic mass is 10.1. The van der Waals surface area contributed by atoms with Gasteiger partial charge in [-0.1, -0.05) is 76.2 Å². The van der Waals surface area contributed by atoms with E-state index in [9.17, 15) is 5.26 Å². The standard InChI is InChI=1S/C17H28N2Si/c1-5-6-8-13-17(14-18)19(20(2,3)4)15-16-11-9-7-10-12-16/h7,9-12,17H,5-6,8,13,15H2,1-4H3. The van der Waals surface area contributed by atoms with Crippen LogP contribution in [0.1, 0.15) is 38.2 Å². The minimum atomic E-state index is -1.50. The van der Waals surface area contributed by atoms with Crippen LogP contribution in [0.25, 0.3) is 0 Å². The van der Waals surface area contributed by atoms with Crippen LogP contribution in [-0.2, 0) is 6.54 Å². The topological polar surface area (TPSA) is 27.0 Å². The van der Waals surface area contributed by atoms with Crippen LogP contribution in [0, 0.1) is 11.3 Å². The molecule has 0 saturated carbocycles. The Hall–Kier alpha value is -1.11.